The average molecular weight is 310 g/mol. The number of anilines is 1. The Kier molecular flexibility index (Phi) is 3.89. The van der Waals surface area contributed by atoms with Crippen molar-refractivity contribution in [3.8, 4) is 17.0 Å². The van der Waals surface area contributed by atoms with Gasteiger partial charge in [-0.15, -0.1) is 11.3 Å². The Morgan fingerprint density at radius 3 is 2.68 bits per heavy atom. The van der Waals surface area contributed by atoms with Gasteiger partial charge < -0.3 is 10.4 Å². The summed E-state index contributed by atoms with van der Waals surface area (Å²) in [6, 6.07) is 14.5. The van der Waals surface area contributed by atoms with Crippen LogP contribution in [0.25, 0.3) is 11.3 Å². The fourth-order valence-electron chi connectivity index (χ4n) is 2.18. The SMILES string of the molecule is Cc1cc(O)ccc1NC(=O)c1scnc1-c1ccccc1. The number of carbonyl (C=O) groups excluding carboxylic acids is 1. The number of hydrogen-bond donors (Lipinski definition) is 2. The molecule has 1 amide bonds. The Morgan fingerprint density at radius 1 is 1.18 bits per heavy atom. The van der Waals surface area contributed by atoms with Crippen molar-refractivity contribution in [2.75, 3.05) is 5.32 Å². The van der Waals surface area contributed by atoms with E-state index in [1.54, 1.807) is 23.7 Å². The molecule has 3 aromatic rings. The molecule has 5 heteroatoms. The van der Waals surface area contributed by atoms with Crippen LogP contribution in [0.15, 0.2) is 54.0 Å². The molecule has 0 atom stereocenters. The highest BCUT2D eigenvalue weighted by molar-refractivity contribution is 7.12. The first kappa shape index (κ1) is 14.3. The van der Waals surface area contributed by atoms with Crippen molar-refractivity contribution < 1.29 is 9.90 Å². The Morgan fingerprint density at radius 2 is 1.95 bits per heavy atom. The molecule has 0 radical (unpaired) electrons. The van der Waals surface area contributed by atoms with Gasteiger partial charge in [-0.2, -0.15) is 0 Å². The highest BCUT2D eigenvalue weighted by Crippen LogP contribution is 2.27. The number of phenols is 1. The van der Waals surface area contributed by atoms with Crippen LogP contribution in [0.1, 0.15) is 15.2 Å². The van der Waals surface area contributed by atoms with Gasteiger partial charge in [0.2, 0.25) is 0 Å². The van der Waals surface area contributed by atoms with Gasteiger partial charge in [0.05, 0.1) is 11.2 Å². The van der Waals surface area contributed by atoms with E-state index >= 15 is 0 Å². The van der Waals surface area contributed by atoms with Crippen molar-refractivity contribution >= 4 is 22.9 Å². The lowest BCUT2D eigenvalue weighted by molar-refractivity contribution is 0.103. The van der Waals surface area contributed by atoms with Gasteiger partial charge in [-0.3, -0.25) is 4.79 Å². The van der Waals surface area contributed by atoms with Crippen LogP contribution in [-0.4, -0.2) is 16.0 Å². The topological polar surface area (TPSA) is 62.2 Å². The molecule has 0 aliphatic rings. The third-order valence-corrected chi connectivity index (χ3v) is 4.10. The fraction of sp³-hybridized carbons (Fsp3) is 0.0588. The first-order valence-corrected chi connectivity index (χ1v) is 7.63. The van der Waals surface area contributed by atoms with E-state index in [4.69, 9.17) is 0 Å². The number of rotatable bonds is 3. The van der Waals surface area contributed by atoms with Crippen molar-refractivity contribution in [2.45, 2.75) is 6.92 Å². The second kappa shape index (κ2) is 5.99. The molecule has 110 valence electrons. The zero-order valence-electron chi connectivity index (χ0n) is 11.9. The predicted molar refractivity (Wildman–Crippen MR) is 88.3 cm³/mol. The quantitative estimate of drug-likeness (QED) is 0.717. The number of aryl methyl sites for hydroxylation is 1. The number of nitrogens with zero attached hydrogens (tertiary/aromatic N) is 1. The number of benzene rings is 2. The van der Waals surface area contributed by atoms with Crippen molar-refractivity contribution in [2.24, 2.45) is 0 Å². The van der Waals surface area contributed by atoms with E-state index in [-0.39, 0.29) is 11.7 Å². The third-order valence-electron chi connectivity index (χ3n) is 3.28. The van der Waals surface area contributed by atoms with Crippen LogP contribution < -0.4 is 5.32 Å². The van der Waals surface area contributed by atoms with Gasteiger partial charge in [0.1, 0.15) is 10.6 Å². The van der Waals surface area contributed by atoms with Crippen LogP contribution in [0, 0.1) is 6.92 Å². The number of aromatic nitrogens is 1. The van der Waals surface area contributed by atoms with Gasteiger partial charge in [0, 0.05) is 11.3 Å². The highest BCUT2D eigenvalue weighted by Gasteiger charge is 2.16. The summed E-state index contributed by atoms with van der Waals surface area (Å²) in [6.45, 7) is 1.83. The summed E-state index contributed by atoms with van der Waals surface area (Å²) in [4.78, 5) is 17.4. The maximum atomic E-state index is 12.5. The van der Waals surface area contributed by atoms with E-state index < -0.39 is 0 Å². The molecule has 0 aliphatic carbocycles. The Bertz CT molecular complexity index is 813. The molecule has 1 aromatic heterocycles. The van der Waals surface area contributed by atoms with E-state index in [1.165, 1.54) is 11.3 Å². The molecule has 0 bridgehead atoms. The van der Waals surface area contributed by atoms with Crippen molar-refractivity contribution in [3.05, 3.63) is 64.5 Å². The van der Waals surface area contributed by atoms with E-state index in [2.05, 4.69) is 10.3 Å². The molecule has 4 nitrogen and oxygen atoms in total. The maximum Gasteiger partial charge on any atom is 0.268 e. The lowest BCUT2D eigenvalue weighted by atomic mass is 10.1. The van der Waals surface area contributed by atoms with E-state index in [0.717, 1.165) is 11.1 Å². The van der Waals surface area contributed by atoms with Gasteiger partial charge in [-0.1, -0.05) is 30.3 Å². The number of phenolic OH excluding ortho intramolecular Hbond substituents is 1. The standard InChI is InChI=1S/C17H14N2O2S/c1-11-9-13(20)7-8-14(11)19-17(21)16-15(18-10-22-16)12-5-3-2-4-6-12/h2-10,20H,1H3,(H,19,21). The largest absolute Gasteiger partial charge is 0.508 e. The zero-order valence-corrected chi connectivity index (χ0v) is 12.7. The highest BCUT2D eigenvalue weighted by atomic mass is 32.1. The fourth-order valence-corrected chi connectivity index (χ4v) is 2.88. The van der Waals surface area contributed by atoms with Crippen LogP contribution in [-0.2, 0) is 0 Å². The molecule has 0 saturated heterocycles. The average Bonchev–Trinajstić information content (AvgIpc) is 3.00. The molecule has 0 spiro atoms. The number of nitrogens with one attached hydrogen (secondary N) is 1. The number of aromatic hydroxyl groups is 1. The lowest BCUT2D eigenvalue weighted by Gasteiger charge is -2.08. The second-order valence-corrected chi connectivity index (χ2v) is 5.70. The van der Waals surface area contributed by atoms with E-state index in [1.807, 2.05) is 37.3 Å². The molecule has 0 fully saturated rings. The molecule has 0 saturated carbocycles. The normalized spacial score (nSPS) is 10.4. The predicted octanol–water partition coefficient (Wildman–Crippen LogP) is 4.08. The van der Waals surface area contributed by atoms with Crippen LogP contribution >= 0.6 is 11.3 Å². The Labute approximate surface area is 132 Å². The summed E-state index contributed by atoms with van der Waals surface area (Å²) >= 11 is 1.31. The first-order valence-electron chi connectivity index (χ1n) is 6.75. The first-order chi connectivity index (χ1) is 10.6. The molecule has 3 rings (SSSR count). The summed E-state index contributed by atoms with van der Waals surface area (Å²) in [5, 5.41) is 12.3. The van der Waals surface area contributed by atoms with Crippen LogP contribution in [0.3, 0.4) is 0 Å². The minimum Gasteiger partial charge on any atom is -0.508 e. The van der Waals surface area contributed by atoms with Crippen molar-refractivity contribution in [1.82, 2.24) is 4.98 Å². The molecule has 22 heavy (non-hydrogen) atoms. The smallest absolute Gasteiger partial charge is 0.268 e. The van der Waals surface area contributed by atoms with Gasteiger partial charge >= 0.3 is 0 Å². The van der Waals surface area contributed by atoms with Gasteiger partial charge in [-0.25, -0.2) is 4.98 Å². The second-order valence-electron chi connectivity index (χ2n) is 4.85. The molecule has 2 aromatic carbocycles. The lowest BCUT2D eigenvalue weighted by Crippen LogP contribution is -2.12. The van der Waals surface area contributed by atoms with E-state index in [0.29, 0.717) is 16.3 Å². The minimum atomic E-state index is -0.199. The Hall–Kier alpha value is -2.66. The molecular formula is C17H14N2O2S. The summed E-state index contributed by atoms with van der Waals surface area (Å²) in [5.74, 6) is -0.0200. The minimum absolute atomic E-state index is 0.179. The number of carbonyl (C=O) groups is 1. The van der Waals surface area contributed by atoms with Gasteiger partial charge in [0.25, 0.3) is 5.91 Å². The Balaban J connectivity index is 1.89. The maximum absolute atomic E-state index is 12.5. The molecule has 2 N–H and O–H groups in total. The number of hydrogen-bond acceptors (Lipinski definition) is 4. The van der Waals surface area contributed by atoms with Crippen molar-refractivity contribution in [1.29, 1.82) is 0 Å². The van der Waals surface area contributed by atoms with Crippen LogP contribution in [0.4, 0.5) is 5.69 Å². The summed E-state index contributed by atoms with van der Waals surface area (Å²) < 4.78 is 0. The number of amides is 1. The molecular weight excluding hydrogens is 296 g/mol. The van der Waals surface area contributed by atoms with Crippen molar-refractivity contribution in [3.63, 3.8) is 0 Å². The van der Waals surface area contributed by atoms with Crippen LogP contribution in [0.2, 0.25) is 0 Å². The van der Waals surface area contributed by atoms with E-state index in [9.17, 15) is 9.90 Å². The summed E-state index contributed by atoms with van der Waals surface area (Å²) in [5.41, 5.74) is 4.74. The van der Waals surface area contributed by atoms with Gasteiger partial charge in [-0.05, 0) is 30.7 Å². The molecule has 1 heterocycles. The zero-order chi connectivity index (χ0) is 15.5. The third kappa shape index (κ3) is 2.84. The number of thiazole rings is 1. The molecule has 0 aliphatic heterocycles. The monoisotopic (exact) mass is 310 g/mol. The summed E-state index contributed by atoms with van der Waals surface area (Å²) in [7, 11) is 0. The molecule has 0 unspecified atom stereocenters. The van der Waals surface area contributed by atoms with Crippen LogP contribution in [0.5, 0.6) is 5.75 Å². The summed E-state index contributed by atoms with van der Waals surface area (Å²) in [6.07, 6.45) is 0. The van der Waals surface area contributed by atoms with Gasteiger partial charge in [0.15, 0.2) is 0 Å².